The maximum Gasteiger partial charge on any atom is 0.196 e. The standard InChI is InChI=1S/C28H41FNO4P/c1-16-7-11-19-22(30(16)25(31)17-8-9-17)14-12-20(28(6)33-26(2,3)27(4,5)34-28)24(19)32-18-10-13-21(29)23(35)15-18/h12,14-17,19,22,25,31H,7-11,13,35H2,1-6H3. The Morgan fingerprint density at radius 3 is 2.34 bits per heavy atom. The van der Waals surface area contributed by atoms with Gasteiger partial charge in [0.15, 0.2) is 5.79 Å². The van der Waals surface area contributed by atoms with Crippen molar-refractivity contribution in [1.29, 1.82) is 0 Å². The smallest absolute Gasteiger partial charge is 0.196 e. The van der Waals surface area contributed by atoms with E-state index >= 15 is 0 Å². The summed E-state index contributed by atoms with van der Waals surface area (Å²) in [7, 11) is 2.48. The fourth-order valence-corrected chi connectivity index (χ4v) is 6.42. The molecule has 0 aromatic carbocycles. The molecule has 2 saturated heterocycles. The van der Waals surface area contributed by atoms with Crippen LogP contribution in [-0.2, 0) is 14.2 Å². The van der Waals surface area contributed by atoms with E-state index in [-0.39, 0.29) is 23.8 Å². The Labute approximate surface area is 211 Å². The first-order valence-electron chi connectivity index (χ1n) is 13.1. The summed E-state index contributed by atoms with van der Waals surface area (Å²) in [5.74, 6) is 0.910. The zero-order valence-electron chi connectivity index (χ0n) is 21.9. The van der Waals surface area contributed by atoms with E-state index < -0.39 is 23.2 Å². The van der Waals surface area contributed by atoms with Gasteiger partial charge in [0.1, 0.15) is 23.6 Å². The van der Waals surface area contributed by atoms with Gasteiger partial charge in [-0.15, -0.1) is 9.24 Å². The Bertz CT molecular complexity index is 992. The molecular weight excluding hydrogens is 464 g/mol. The summed E-state index contributed by atoms with van der Waals surface area (Å²) in [6.45, 7) is 12.4. The third kappa shape index (κ3) is 4.48. The molecule has 5 aliphatic rings. The molecule has 0 amide bonds. The molecular formula is C28H41FNO4P. The second-order valence-electron chi connectivity index (χ2n) is 12.1. The van der Waals surface area contributed by atoms with Crippen LogP contribution in [0.1, 0.15) is 80.1 Å². The number of likely N-dealkylation sites (tertiary alicyclic amines) is 1. The van der Waals surface area contributed by atoms with Crippen LogP contribution in [0, 0.1) is 11.8 Å². The van der Waals surface area contributed by atoms with Gasteiger partial charge >= 0.3 is 0 Å². The highest BCUT2D eigenvalue weighted by Crippen LogP contribution is 2.52. The molecule has 5 nitrogen and oxygen atoms in total. The number of ether oxygens (including phenoxy) is 3. The van der Waals surface area contributed by atoms with E-state index in [1.54, 1.807) is 6.08 Å². The van der Waals surface area contributed by atoms with Crippen LogP contribution < -0.4 is 0 Å². The molecule has 5 atom stereocenters. The number of nitrogens with zero attached hydrogens (tertiary/aromatic N) is 1. The first-order chi connectivity index (χ1) is 16.3. The number of aliphatic hydroxyl groups is 1. The third-order valence-electron chi connectivity index (χ3n) is 8.87. The highest BCUT2D eigenvalue weighted by Gasteiger charge is 2.58. The molecule has 194 valence electrons. The fraction of sp³-hybridized carbons (Fsp3) is 0.714. The molecule has 0 spiro atoms. The van der Waals surface area contributed by atoms with Crippen molar-refractivity contribution in [1.82, 2.24) is 4.90 Å². The van der Waals surface area contributed by atoms with E-state index in [4.69, 9.17) is 14.2 Å². The topological polar surface area (TPSA) is 51.2 Å². The molecule has 0 bridgehead atoms. The van der Waals surface area contributed by atoms with Gasteiger partial charge in [0, 0.05) is 41.7 Å². The minimum Gasteiger partial charge on any atom is -0.465 e. The van der Waals surface area contributed by atoms with Crippen LogP contribution in [-0.4, -0.2) is 45.3 Å². The molecule has 1 N–H and O–H groups in total. The van der Waals surface area contributed by atoms with Crippen LogP contribution in [0.3, 0.4) is 0 Å². The minimum absolute atomic E-state index is 0.0334. The Hall–Kier alpha value is -1.04. The molecule has 0 radical (unpaired) electrons. The monoisotopic (exact) mass is 505 g/mol. The molecule has 35 heavy (non-hydrogen) atoms. The van der Waals surface area contributed by atoms with Crippen molar-refractivity contribution in [3.63, 3.8) is 0 Å². The van der Waals surface area contributed by atoms with Crippen LogP contribution in [0.4, 0.5) is 4.39 Å². The first kappa shape index (κ1) is 25.6. The van der Waals surface area contributed by atoms with Gasteiger partial charge in [-0.2, -0.15) is 0 Å². The number of halogens is 1. The lowest BCUT2D eigenvalue weighted by Gasteiger charge is -2.49. The number of piperidine rings is 1. The lowest BCUT2D eigenvalue weighted by atomic mass is 9.78. The highest BCUT2D eigenvalue weighted by molar-refractivity contribution is 7.23. The van der Waals surface area contributed by atoms with Crippen molar-refractivity contribution in [3.05, 3.63) is 46.5 Å². The lowest BCUT2D eigenvalue weighted by Crippen LogP contribution is -2.56. The van der Waals surface area contributed by atoms with Crippen molar-refractivity contribution in [3.8, 4) is 0 Å². The number of hydrogen-bond acceptors (Lipinski definition) is 5. The number of rotatable bonds is 5. The van der Waals surface area contributed by atoms with Gasteiger partial charge < -0.3 is 19.3 Å². The van der Waals surface area contributed by atoms with Crippen LogP contribution in [0.15, 0.2) is 46.5 Å². The second-order valence-corrected chi connectivity index (χ2v) is 12.7. The van der Waals surface area contributed by atoms with E-state index in [0.717, 1.165) is 42.8 Å². The molecule has 7 heteroatoms. The van der Waals surface area contributed by atoms with Crippen molar-refractivity contribution in [2.75, 3.05) is 0 Å². The van der Waals surface area contributed by atoms with E-state index in [2.05, 4.69) is 60.9 Å². The number of hydrogen-bond donors (Lipinski definition) is 1. The second kappa shape index (κ2) is 8.77. The number of fused-ring (bicyclic) bond motifs is 1. The van der Waals surface area contributed by atoms with Gasteiger partial charge in [-0.25, -0.2) is 4.39 Å². The third-order valence-corrected chi connectivity index (χ3v) is 9.35. The predicted molar refractivity (Wildman–Crippen MR) is 138 cm³/mol. The van der Waals surface area contributed by atoms with Crippen LogP contribution in [0.2, 0.25) is 0 Å². The molecule has 1 saturated carbocycles. The zero-order valence-corrected chi connectivity index (χ0v) is 23.1. The molecule has 5 unspecified atom stereocenters. The molecule has 5 rings (SSSR count). The Kier molecular flexibility index (Phi) is 6.42. The summed E-state index contributed by atoms with van der Waals surface area (Å²) in [5, 5.41) is 11.7. The zero-order chi connectivity index (χ0) is 25.3. The normalized spacial score (nSPS) is 35.1. The number of aliphatic hydroxyl groups excluding tert-OH is 1. The van der Waals surface area contributed by atoms with Gasteiger partial charge in [0.2, 0.25) is 0 Å². The van der Waals surface area contributed by atoms with E-state index in [9.17, 15) is 9.50 Å². The SMILES string of the molecule is CC1CCC2C(OC3=CC(P)=C(F)CC3)=C(C3(C)OC(C)(C)C(C)(C)O3)C=CC2N1C(O)C1CC1. The molecule has 0 aromatic heterocycles. The Morgan fingerprint density at radius 1 is 1.09 bits per heavy atom. The minimum atomic E-state index is -0.979. The highest BCUT2D eigenvalue weighted by atomic mass is 31.0. The summed E-state index contributed by atoms with van der Waals surface area (Å²) < 4.78 is 34.0. The van der Waals surface area contributed by atoms with Crippen molar-refractivity contribution in [2.45, 2.75) is 115 Å². The van der Waals surface area contributed by atoms with E-state index in [1.165, 1.54) is 0 Å². The average molecular weight is 506 g/mol. The van der Waals surface area contributed by atoms with Crippen molar-refractivity contribution >= 4 is 9.24 Å². The predicted octanol–water partition coefficient (Wildman–Crippen LogP) is 6.08. The number of allylic oxidation sites excluding steroid dienone is 4. The van der Waals surface area contributed by atoms with Gasteiger partial charge in [-0.1, -0.05) is 12.2 Å². The molecule has 2 aliphatic heterocycles. The summed E-state index contributed by atoms with van der Waals surface area (Å²) in [6.07, 6.45) is 10.6. The van der Waals surface area contributed by atoms with Crippen molar-refractivity contribution < 1.29 is 23.7 Å². The summed E-state index contributed by atoms with van der Waals surface area (Å²) >= 11 is 0. The van der Waals surface area contributed by atoms with Crippen LogP contribution >= 0.6 is 9.24 Å². The van der Waals surface area contributed by atoms with E-state index in [0.29, 0.717) is 24.1 Å². The molecule has 3 fully saturated rings. The summed E-state index contributed by atoms with van der Waals surface area (Å²) in [4.78, 5) is 2.28. The van der Waals surface area contributed by atoms with Crippen LogP contribution in [0.25, 0.3) is 0 Å². The first-order valence-corrected chi connectivity index (χ1v) is 13.7. The van der Waals surface area contributed by atoms with Gasteiger partial charge in [0.05, 0.1) is 11.2 Å². The average Bonchev–Trinajstić information content (AvgIpc) is 3.57. The quantitative estimate of drug-likeness (QED) is 0.459. The Balaban J connectivity index is 1.56. The molecule has 0 aromatic rings. The Morgan fingerprint density at radius 2 is 1.74 bits per heavy atom. The lowest BCUT2D eigenvalue weighted by molar-refractivity contribution is -0.150. The van der Waals surface area contributed by atoms with Gasteiger partial charge in [0.25, 0.3) is 0 Å². The fourth-order valence-electron chi connectivity index (χ4n) is 6.09. The molecule has 2 heterocycles. The van der Waals surface area contributed by atoms with Crippen LogP contribution in [0.5, 0.6) is 0 Å². The maximum absolute atomic E-state index is 14.1. The largest absolute Gasteiger partial charge is 0.465 e. The van der Waals surface area contributed by atoms with Crippen molar-refractivity contribution in [2.24, 2.45) is 11.8 Å². The molecule has 3 aliphatic carbocycles. The van der Waals surface area contributed by atoms with Gasteiger partial charge in [-0.05, 0) is 79.2 Å². The van der Waals surface area contributed by atoms with E-state index in [1.807, 2.05) is 6.92 Å². The maximum atomic E-state index is 14.1. The summed E-state index contributed by atoms with van der Waals surface area (Å²) in [6, 6.07) is 0.322. The summed E-state index contributed by atoms with van der Waals surface area (Å²) in [5.41, 5.74) is -0.111. The van der Waals surface area contributed by atoms with Gasteiger partial charge in [-0.3, -0.25) is 4.90 Å².